The topological polar surface area (TPSA) is 83.6 Å². The van der Waals surface area contributed by atoms with Crippen LogP contribution in [-0.4, -0.2) is 55.2 Å². The summed E-state index contributed by atoms with van der Waals surface area (Å²) in [5.74, 6) is -1.85. The van der Waals surface area contributed by atoms with Crippen LogP contribution in [0.3, 0.4) is 0 Å². The summed E-state index contributed by atoms with van der Waals surface area (Å²) >= 11 is 0. The van der Waals surface area contributed by atoms with Crippen LogP contribution in [0.4, 0.5) is 5.69 Å². The Labute approximate surface area is 165 Å². The normalized spacial score (nSPS) is 19.8. The van der Waals surface area contributed by atoms with Crippen molar-refractivity contribution in [2.75, 3.05) is 20.6 Å². The van der Waals surface area contributed by atoms with Crippen LogP contribution in [0.5, 0.6) is 0 Å². The van der Waals surface area contributed by atoms with Crippen LogP contribution in [0.2, 0.25) is 0 Å². The third-order valence-electron chi connectivity index (χ3n) is 5.67. The van der Waals surface area contributed by atoms with Gasteiger partial charge in [0.05, 0.1) is 26.2 Å². The Morgan fingerprint density at radius 3 is 2.50 bits per heavy atom. The summed E-state index contributed by atoms with van der Waals surface area (Å²) in [4.78, 5) is 50.8. The van der Waals surface area contributed by atoms with Gasteiger partial charge in [0.25, 0.3) is 11.8 Å². The number of nitrogens with one attached hydrogen (secondary N) is 1. The molecule has 2 aliphatic rings. The largest absolute Gasteiger partial charge is 0.295 e. The van der Waals surface area contributed by atoms with Crippen molar-refractivity contribution in [3.63, 3.8) is 0 Å². The molecule has 4 amide bonds. The lowest BCUT2D eigenvalue weighted by Crippen LogP contribution is -2.54. The summed E-state index contributed by atoms with van der Waals surface area (Å²) in [5.41, 5.74) is 1.52. The van der Waals surface area contributed by atoms with E-state index in [1.807, 2.05) is 20.2 Å². The molecule has 0 aliphatic carbocycles. The van der Waals surface area contributed by atoms with E-state index >= 15 is 0 Å². The van der Waals surface area contributed by atoms with Crippen LogP contribution in [0.15, 0.2) is 18.2 Å². The van der Waals surface area contributed by atoms with E-state index in [0.29, 0.717) is 15.6 Å². The van der Waals surface area contributed by atoms with Gasteiger partial charge < -0.3 is 0 Å². The highest BCUT2D eigenvalue weighted by molar-refractivity contribution is 6.25. The molecule has 1 aromatic rings. The van der Waals surface area contributed by atoms with Gasteiger partial charge in [0.15, 0.2) is 0 Å². The third kappa shape index (κ3) is 3.58. The smallest absolute Gasteiger partial charge is 0.268 e. The first-order chi connectivity index (χ1) is 13.3. The minimum atomic E-state index is -0.932. The van der Waals surface area contributed by atoms with Crippen molar-refractivity contribution >= 4 is 29.3 Å². The average Bonchev–Trinajstić information content (AvgIpc) is 2.90. The zero-order valence-corrected chi connectivity index (χ0v) is 16.8. The molecule has 1 unspecified atom stereocenters. The Morgan fingerprint density at radius 1 is 1.07 bits per heavy atom. The highest BCUT2D eigenvalue weighted by atomic mass is 16.2. The van der Waals surface area contributed by atoms with Gasteiger partial charge in [-0.25, -0.2) is 0 Å². The van der Waals surface area contributed by atoms with Gasteiger partial charge >= 0.3 is 0 Å². The van der Waals surface area contributed by atoms with Crippen LogP contribution in [0.1, 0.15) is 66.2 Å². The van der Waals surface area contributed by atoms with Crippen molar-refractivity contribution in [1.29, 1.82) is 0 Å². The van der Waals surface area contributed by atoms with Gasteiger partial charge in [-0.1, -0.05) is 25.8 Å². The number of imide groups is 2. The van der Waals surface area contributed by atoms with Gasteiger partial charge in [-0.2, -0.15) is 0 Å². The standard InChI is InChI=1S/C21H27N3O4/c1-4-5-6-7-13-24(2,3)16-10-8-9-14-18(16)21(28)23(20(14)27)15-11-12-17(25)22-19(15)26/h8-10,15H,4-7,11-13H2,1-3H3/p+1. The fourth-order valence-corrected chi connectivity index (χ4v) is 4.06. The molecule has 7 heteroatoms. The molecule has 0 bridgehead atoms. The second kappa shape index (κ2) is 7.83. The SMILES string of the molecule is CCCCCC[N+](C)(C)c1cccc2c1C(=O)N(C1CCC(=O)NC1=O)C2=O. The number of nitrogens with zero attached hydrogens (tertiary/aromatic N) is 2. The zero-order valence-electron chi connectivity index (χ0n) is 16.8. The van der Waals surface area contributed by atoms with E-state index in [1.54, 1.807) is 12.1 Å². The molecular formula is C21H28N3O4+. The molecule has 0 aromatic heterocycles. The summed E-state index contributed by atoms with van der Waals surface area (Å²) in [5, 5.41) is 2.23. The van der Waals surface area contributed by atoms with Gasteiger partial charge in [-0.15, -0.1) is 0 Å². The van der Waals surface area contributed by atoms with Crippen molar-refractivity contribution in [1.82, 2.24) is 14.7 Å². The number of amides is 4. The van der Waals surface area contributed by atoms with E-state index < -0.39 is 23.8 Å². The van der Waals surface area contributed by atoms with Crippen molar-refractivity contribution in [2.45, 2.75) is 51.5 Å². The second-order valence-corrected chi connectivity index (χ2v) is 8.12. The predicted octanol–water partition coefficient (Wildman–Crippen LogP) is 2.23. The summed E-state index contributed by atoms with van der Waals surface area (Å²) in [6, 6.07) is 4.39. The molecule has 0 radical (unpaired) electrons. The van der Waals surface area contributed by atoms with Crippen molar-refractivity contribution in [3.8, 4) is 0 Å². The number of piperidine rings is 1. The van der Waals surface area contributed by atoms with E-state index in [4.69, 9.17) is 0 Å². The highest BCUT2D eigenvalue weighted by Crippen LogP contribution is 2.36. The number of hydrogen-bond acceptors (Lipinski definition) is 4. The number of fused-ring (bicyclic) bond motifs is 1. The number of rotatable bonds is 7. The lowest BCUT2D eigenvalue weighted by atomic mass is 10.0. The van der Waals surface area contributed by atoms with Gasteiger partial charge in [0.2, 0.25) is 11.8 Å². The van der Waals surface area contributed by atoms with Crippen LogP contribution < -0.4 is 9.80 Å². The minimum Gasteiger partial charge on any atom is -0.295 e. The number of quaternary nitrogens is 1. The fraction of sp³-hybridized carbons (Fsp3) is 0.524. The molecule has 150 valence electrons. The zero-order chi connectivity index (χ0) is 20.5. The molecule has 0 spiro atoms. The molecule has 1 aromatic carbocycles. The fourth-order valence-electron chi connectivity index (χ4n) is 4.06. The lowest BCUT2D eigenvalue weighted by molar-refractivity contribution is -0.136. The van der Waals surface area contributed by atoms with E-state index in [2.05, 4.69) is 12.2 Å². The molecule has 0 saturated carbocycles. The quantitative estimate of drug-likeness (QED) is 0.443. The number of benzene rings is 1. The maximum absolute atomic E-state index is 13.2. The van der Waals surface area contributed by atoms with Crippen LogP contribution >= 0.6 is 0 Å². The Morgan fingerprint density at radius 2 is 1.82 bits per heavy atom. The van der Waals surface area contributed by atoms with E-state index in [-0.39, 0.29) is 18.7 Å². The monoisotopic (exact) mass is 386 g/mol. The first kappa shape index (κ1) is 20.2. The molecular weight excluding hydrogens is 358 g/mol. The minimum absolute atomic E-state index is 0.121. The lowest BCUT2D eigenvalue weighted by Gasteiger charge is -2.31. The van der Waals surface area contributed by atoms with Crippen molar-refractivity contribution < 1.29 is 19.2 Å². The second-order valence-electron chi connectivity index (χ2n) is 8.12. The number of carbonyl (C=O) groups excluding carboxylic acids is 4. The van der Waals surface area contributed by atoms with E-state index in [9.17, 15) is 19.2 Å². The van der Waals surface area contributed by atoms with Crippen LogP contribution in [0.25, 0.3) is 0 Å². The Balaban J connectivity index is 1.90. The Kier molecular flexibility index (Phi) is 5.65. The molecule has 28 heavy (non-hydrogen) atoms. The van der Waals surface area contributed by atoms with E-state index in [1.165, 1.54) is 6.42 Å². The van der Waals surface area contributed by atoms with Crippen LogP contribution in [0, 0.1) is 0 Å². The Hall–Kier alpha value is -2.54. The maximum Gasteiger partial charge on any atom is 0.268 e. The van der Waals surface area contributed by atoms with Crippen LogP contribution in [-0.2, 0) is 9.59 Å². The summed E-state index contributed by atoms with van der Waals surface area (Å²) in [6.07, 6.45) is 4.78. The number of carbonyl (C=O) groups is 4. The number of hydrogen-bond donors (Lipinski definition) is 1. The van der Waals surface area contributed by atoms with Crippen molar-refractivity contribution in [3.05, 3.63) is 29.3 Å². The molecule has 2 heterocycles. The molecule has 3 rings (SSSR count). The maximum atomic E-state index is 13.2. The summed E-state index contributed by atoms with van der Waals surface area (Å²) in [7, 11) is 4.07. The molecule has 1 saturated heterocycles. The van der Waals surface area contributed by atoms with Gasteiger partial charge in [-0.3, -0.25) is 33.9 Å². The summed E-state index contributed by atoms with van der Waals surface area (Å²) < 4.78 is 0.495. The molecule has 1 atom stereocenters. The molecule has 7 nitrogen and oxygen atoms in total. The molecule has 2 aliphatic heterocycles. The van der Waals surface area contributed by atoms with E-state index in [0.717, 1.165) is 36.4 Å². The van der Waals surface area contributed by atoms with Gasteiger partial charge in [-0.05, 0) is 31.4 Å². The summed E-state index contributed by atoms with van der Waals surface area (Å²) in [6.45, 7) is 3.02. The number of unbranched alkanes of at least 4 members (excludes halogenated alkanes) is 3. The van der Waals surface area contributed by atoms with Gasteiger partial charge in [0.1, 0.15) is 17.3 Å². The third-order valence-corrected chi connectivity index (χ3v) is 5.67. The average molecular weight is 386 g/mol. The Bertz CT molecular complexity index is 831. The molecule has 1 N–H and O–H groups in total. The highest BCUT2D eigenvalue weighted by Gasteiger charge is 2.47. The first-order valence-corrected chi connectivity index (χ1v) is 9.96. The van der Waals surface area contributed by atoms with Crippen molar-refractivity contribution in [2.24, 2.45) is 0 Å². The first-order valence-electron chi connectivity index (χ1n) is 9.96. The van der Waals surface area contributed by atoms with Gasteiger partial charge in [0, 0.05) is 6.42 Å². The molecule has 1 fully saturated rings. The predicted molar refractivity (Wildman–Crippen MR) is 106 cm³/mol.